The summed E-state index contributed by atoms with van der Waals surface area (Å²) in [5.74, 6) is -2.90. The molecule has 4 nitrogen and oxygen atoms in total. The van der Waals surface area contributed by atoms with E-state index in [1.165, 1.54) is 0 Å². The zero-order valence-electron chi connectivity index (χ0n) is 10.9. The molecule has 0 aromatic heterocycles. The van der Waals surface area contributed by atoms with Gasteiger partial charge in [0, 0.05) is 10.7 Å². The van der Waals surface area contributed by atoms with E-state index in [0.717, 1.165) is 0 Å². The van der Waals surface area contributed by atoms with Gasteiger partial charge in [-0.05, 0) is 23.8 Å². The van der Waals surface area contributed by atoms with Gasteiger partial charge in [0.1, 0.15) is 5.92 Å². The van der Waals surface area contributed by atoms with Gasteiger partial charge in [-0.15, -0.1) is 0 Å². The monoisotopic (exact) mass is 298 g/mol. The van der Waals surface area contributed by atoms with Crippen LogP contribution in [0.5, 0.6) is 0 Å². The molecular formula is C16H11ClN2O2. The summed E-state index contributed by atoms with van der Waals surface area (Å²) in [4.78, 5) is 24.1. The maximum atomic E-state index is 12.1. The molecule has 2 rings (SSSR count). The molecule has 0 spiro atoms. The smallest absolute Gasteiger partial charge is 0.293 e. The lowest BCUT2D eigenvalue weighted by Gasteiger charge is -2.10. The molecule has 0 aliphatic carbocycles. The van der Waals surface area contributed by atoms with Gasteiger partial charge in [0.2, 0.25) is 5.78 Å². The lowest BCUT2D eigenvalue weighted by molar-refractivity contribution is -0.135. The zero-order valence-corrected chi connectivity index (χ0v) is 11.7. The Hall–Kier alpha value is -2.64. The van der Waals surface area contributed by atoms with Gasteiger partial charge in [0.15, 0.2) is 0 Å². The fourth-order valence-corrected chi connectivity index (χ4v) is 2.07. The first-order valence-electron chi connectivity index (χ1n) is 6.17. The van der Waals surface area contributed by atoms with Crippen molar-refractivity contribution in [3.63, 3.8) is 0 Å². The molecule has 2 aromatic rings. The van der Waals surface area contributed by atoms with Gasteiger partial charge in [0.25, 0.3) is 5.91 Å². The standard InChI is InChI=1S/C16H11ClN2O2/c17-14-9-5-4-8-12(14)13(10-18)15(20)16(21)19-11-6-2-1-3-7-11/h1-9,13H,(H,19,21)/t13-/m1/s1. The first-order valence-corrected chi connectivity index (χ1v) is 6.55. The Labute approximate surface area is 127 Å². The molecule has 21 heavy (non-hydrogen) atoms. The summed E-state index contributed by atoms with van der Waals surface area (Å²) in [6.07, 6.45) is 0. The summed E-state index contributed by atoms with van der Waals surface area (Å²) in [6.45, 7) is 0. The molecule has 0 aliphatic rings. The Morgan fingerprint density at radius 3 is 2.29 bits per heavy atom. The van der Waals surface area contributed by atoms with Crippen LogP contribution < -0.4 is 5.32 Å². The van der Waals surface area contributed by atoms with Crippen LogP contribution in [0.3, 0.4) is 0 Å². The molecule has 0 aliphatic heterocycles. The summed E-state index contributed by atoms with van der Waals surface area (Å²) in [5.41, 5.74) is 0.821. The fraction of sp³-hybridized carbons (Fsp3) is 0.0625. The quantitative estimate of drug-likeness (QED) is 0.881. The number of nitrogens with one attached hydrogen (secondary N) is 1. The van der Waals surface area contributed by atoms with Gasteiger partial charge >= 0.3 is 0 Å². The van der Waals surface area contributed by atoms with Gasteiger partial charge < -0.3 is 5.32 Å². The van der Waals surface area contributed by atoms with Crippen molar-refractivity contribution in [2.24, 2.45) is 0 Å². The van der Waals surface area contributed by atoms with E-state index >= 15 is 0 Å². The third kappa shape index (κ3) is 3.47. The van der Waals surface area contributed by atoms with E-state index in [1.54, 1.807) is 54.6 Å². The van der Waals surface area contributed by atoms with Crippen molar-refractivity contribution in [3.8, 4) is 6.07 Å². The van der Waals surface area contributed by atoms with Gasteiger partial charge in [0.05, 0.1) is 6.07 Å². The molecule has 2 aromatic carbocycles. The number of hydrogen-bond acceptors (Lipinski definition) is 3. The second kappa shape index (κ2) is 6.69. The minimum Gasteiger partial charge on any atom is -0.319 e. The average molecular weight is 299 g/mol. The van der Waals surface area contributed by atoms with Crippen molar-refractivity contribution >= 4 is 29.0 Å². The predicted octanol–water partition coefficient (Wildman–Crippen LogP) is 3.15. The van der Waals surface area contributed by atoms with Crippen molar-refractivity contribution < 1.29 is 9.59 Å². The van der Waals surface area contributed by atoms with Crippen molar-refractivity contribution in [1.29, 1.82) is 5.26 Å². The van der Waals surface area contributed by atoms with Crippen LogP contribution in [-0.2, 0) is 9.59 Å². The number of hydrogen-bond donors (Lipinski definition) is 1. The van der Waals surface area contributed by atoms with Crippen LogP contribution in [-0.4, -0.2) is 11.7 Å². The first kappa shape index (κ1) is 14.8. The minimum absolute atomic E-state index is 0.282. The number of Topliss-reactive ketones (excluding diaryl/α,β-unsaturated/α-hetero) is 1. The Morgan fingerprint density at radius 1 is 1.05 bits per heavy atom. The molecule has 0 radical (unpaired) electrons. The van der Waals surface area contributed by atoms with Crippen LogP contribution in [0.2, 0.25) is 5.02 Å². The maximum absolute atomic E-state index is 12.1. The van der Waals surface area contributed by atoms with Crippen molar-refractivity contribution in [2.75, 3.05) is 5.32 Å². The molecule has 0 fully saturated rings. The minimum atomic E-state index is -1.22. The molecule has 104 valence electrons. The number of carbonyl (C=O) groups excluding carboxylic acids is 2. The highest BCUT2D eigenvalue weighted by Crippen LogP contribution is 2.25. The van der Waals surface area contributed by atoms with Crippen LogP contribution in [0.1, 0.15) is 11.5 Å². The molecular weight excluding hydrogens is 288 g/mol. The number of nitrogens with zero attached hydrogens (tertiary/aromatic N) is 1. The molecule has 5 heteroatoms. The van der Waals surface area contributed by atoms with E-state index in [9.17, 15) is 14.9 Å². The first-order chi connectivity index (χ1) is 10.1. The lowest BCUT2D eigenvalue weighted by atomic mass is 9.95. The maximum Gasteiger partial charge on any atom is 0.293 e. The molecule has 0 saturated carbocycles. The molecule has 0 heterocycles. The van der Waals surface area contributed by atoms with Crippen LogP contribution >= 0.6 is 11.6 Å². The van der Waals surface area contributed by atoms with Gasteiger partial charge in [-0.2, -0.15) is 5.26 Å². The number of halogens is 1. The van der Waals surface area contributed by atoms with Gasteiger partial charge in [-0.1, -0.05) is 48.0 Å². The Kier molecular flexibility index (Phi) is 4.70. The van der Waals surface area contributed by atoms with E-state index in [0.29, 0.717) is 11.3 Å². The third-order valence-electron chi connectivity index (χ3n) is 2.86. The molecule has 1 N–H and O–H groups in total. The summed E-state index contributed by atoms with van der Waals surface area (Å²) in [5, 5.41) is 11.9. The van der Waals surface area contributed by atoms with Gasteiger partial charge in [-0.3, -0.25) is 9.59 Å². The average Bonchev–Trinajstić information content (AvgIpc) is 2.50. The Morgan fingerprint density at radius 2 is 1.67 bits per heavy atom. The molecule has 1 amide bonds. The number of amides is 1. The number of benzene rings is 2. The fourth-order valence-electron chi connectivity index (χ4n) is 1.82. The van der Waals surface area contributed by atoms with Crippen LogP contribution in [0.25, 0.3) is 0 Å². The van der Waals surface area contributed by atoms with E-state index < -0.39 is 17.6 Å². The molecule has 0 unspecified atom stereocenters. The second-order valence-electron chi connectivity index (χ2n) is 4.27. The van der Waals surface area contributed by atoms with E-state index in [-0.39, 0.29) is 5.02 Å². The molecule has 0 saturated heterocycles. The normalized spacial score (nSPS) is 11.2. The van der Waals surface area contributed by atoms with E-state index in [4.69, 9.17) is 11.6 Å². The second-order valence-corrected chi connectivity index (χ2v) is 4.68. The number of carbonyl (C=O) groups is 2. The summed E-state index contributed by atoms with van der Waals surface area (Å²) < 4.78 is 0. The highest BCUT2D eigenvalue weighted by molar-refractivity contribution is 6.43. The number of para-hydroxylation sites is 1. The van der Waals surface area contributed by atoms with Crippen molar-refractivity contribution in [3.05, 3.63) is 65.2 Å². The Balaban J connectivity index is 2.20. The van der Waals surface area contributed by atoms with Crippen LogP contribution in [0, 0.1) is 11.3 Å². The Bertz CT molecular complexity index is 708. The highest BCUT2D eigenvalue weighted by atomic mass is 35.5. The number of rotatable bonds is 4. The lowest BCUT2D eigenvalue weighted by Crippen LogP contribution is -2.27. The zero-order chi connectivity index (χ0) is 15.2. The predicted molar refractivity (Wildman–Crippen MR) is 79.9 cm³/mol. The molecule has 1 atom stereocenters. The number of anilines is 1. The summed E-state index contributed by atoms with van der Waals surface area (Å²) in [6, 6.07) is 16.9. The van der Waals surface area contributed by atoms with E-state index in [2.05, 4.69) is 5.32 Å². The SMILES string of the molecule is N#C[C@@H](C(=O)C(=O)Nc1ccccc1)c1ccccc1Cl. The largest absolute Gasteiger partial charge is 0.319 e. The topological polar surface area (TPSA) is 70.0 Å². The van der Waals surface area contributed by atoms with Gasteiger partial charge in [-0.25, -0.2) is 0 Å². The van der Waals surface area contributed by atoms with E-state index in [1.807, 2.05) is 6.07 Å². The number of ketones is 1. The highest BCUT2D eigenvalue weighted by Gasteiger charge is 2.28. The number of nitriles is 1. The van der Waals surface area contributed by atoms with Crippen molar-refractivity contribution in [2.45, 2.75) is 5.92 Å². The summed E-state index contributed by atoms with van der Waals surface area (Å²) >= 11 is 5.97. The molecule has 0 bridgehead atoms. The third-order valence-corrected chi connectivity index (χ3v) is 3.21. The van der Waals surface area contributed by atoms with Crippen LogP contribution in [0.4, 0.5) is 5.69 Å². The van der Waals surface area contributed by atoms with Crippen LogP contribution in [0.15, 0.2) is 54.6 Å². The van der Waals surface area contributed by atoms with Crippen molar-refractivity contribution in [1.82, 2.24) is 0 Å². The summed E-state index contributed by atoms with van der Waals surface area (Å²) in [7, 11) is 0.